The van der Waals surface area contributed by atoms with E-state index in [1.54, 1.807) is 0 Å². The second-order valence-corrected chi connectivity index (χ2v) is 14.9. The number of anilines is 1. The zero-order chi connectivity index (χ0) is 36.0. The molecule has 0 radical (unpaired) electrons. The molecule has 1 N–H and O–H groups in total. The minimum absolute atomic E-state index is 0.0724. The number of nitrogens with one attached hydrogen (secondary N) is 1. The number of hydrogen-bond donors (Lipinski definition) is 1. The van der Waals surface area contributed by atoms with Gasteiger partial charge in [0.1, 0.15) is 5.75 Å². The third-order valence-corrected chi connectivity index (χ3v) is 11.9. The number of rotatable bonds is 4. The zero-order valence-electron chi connectivity index (χ0n) is 30.0. The lowest BCUT2D eigenvalue weighted by atomic mass is 9.98. The summed E-state index contributed by atoms with van der Waals surface area (Å²) in [5, 5.41) is 13.7. The molecule has 55 heavy (non-hydrogen) atoms. The fourth-order valence-electron chi connectivity index (χ4n) is 9.27. The molecule has 4 nitrogen and oxygen atoms in total. The number of hydrogen-bond acceptors (Lipinski definition) is 2. The maximum Gasteiger partial charge on any atom is 0.176 e. The second-order valence-electron chi connectivity index (χ2n) is 14.9. The van der Waals surface area contributed by atoms with Crippen LogP contribution in [0.1, 0.15) is 6.42 Å². The predicted octanol–water partition coefficient (Wildman–Crippen LogP) is 13.1. The standard InChI is InChI=1S/C51H35N3O/c1-2-10-34(11-3-1)51-52-50-48(55-51)29-23-33-18-19-36-30-38(26-27-39(36)49(33)50)54-46-17-9-6-14-42(46)43-31-35(22-28-47(43)54)32-20-24-37(25-21-32)53-44-15-7-4-12-40(44)41-13-5-8-16-45(41)53/h1-10,12-31,34,51-52H,11H2. The summed E-state index contributed by atoms with van der Waals surface area (Å²) in [6.07, 6.45) is 9.60. The Morgan fingerprint density at radius 3 is 1.84 bits per heavy atom. The largest absolute Gasteiger partial charge is 0.468 e. The van der Waals surface area contributed by atoms with Crippen molar-refractivity contribution in [3.8, 4) is 28.3 Å². The third-order valence-electron chi connectivity index (χ3n) is 11.9. The SMILES string of the molecule is C1=CCC(C2Nc3c(ccc4ccc5cc(-n6c7ccccc7c7cc(-c8ccc(-n9c%10ccccc%10c%10ccccc%109)cc8)ccc76)ccc5c34)O2)C=C1. The molecule has 1 aliphatic heterocycles. The number of benzene rings is 8. The summed E-state index contributed by atoms with van der Waals surface area (Å²) < 4.78 is 11.3. The number of ether oxygens (including phenoxy) is 1. The maximum atomic E-state index is 6.48. The van der Waals surface area contributed by atoms with E-state index in [9.17, 15) is 0 Å². The van der Waals surface area contributed by atoms with Crippen molar-refractivity contribution in [2.24, 2.45) is 5.92 Å². The number of aromatic nitrogens is 2. The van der Waals surface area contributed by atoms with Gasteiger partial charge in [0.25, 0.3) is 0 Å². The summed E-state index contributed by atoms with van der Waals surface area (Å²) in [6.45, 7) is 0. The molecule has 0 fully saturated rings. The molecule has 8 aromatic carbocycles. The highest BCUT2D eigenvalue weighted by Crippen LogP contribution is 2.45. The summed E-state index contributed by atoms with van der Waals surface area (Å²) in [5.74, 6) is 1.23. The molecule has 3 heterocycles. The van der Waals surface area contributed by atoms with Gasteiger partial charge in [0, 0.05) is 44.2 Å². The van der Waals surface area contributed by atoms with Crippen molar-refractivity contribution in [3.63, 3.8) is 0 Å². The molecule has 0 spiro atoms. The molecule has 0 saturated carbocycles. The predicted molar refractivity (Wildman–Crippen MR) is 230 cm³/mol. The van der Waals surface area contributed by atoms with Crippen LogP contribution in [0.2, 0.25) is 0 Å². The van der Waals surface area contributed by atoms with Crippen LogP contribution in [-0.4, -0.2) is 15.4 Å². The second kappa shape index (κ2) is 11.7. The Bertz CT molecular complexity index is 3200. The Balaban J connectivity index is 0.943. The highest BCUT2D eigenvalue weighted by atomic mass is 16.5. The van der Waals surface area contributed by atoms with E-state index in [0.29, 0.717) is 5.92 Å². The van der Waals surface area contributed by atoms with E-state index in [2.05, 4.69) is 196 Å². The Labute approximate surface area is 317 Å². The topological polar surface area (TPSA) is 31.1 Å². The van der Waals surface area contributed by atoms with Gasteiger partial charge in [-0.15, -0.1) is 0 Å². The molecule has 2 aromatic heterocycles. The summed E-state index contributed by atoms with van der Waals surface area (Å²) >= 11 is 0. The van der Waals surface area contributed by atoms with Crippen LogP contribution in [0.3, 0.4) is 0 Å². The van der Waals surface area contributed by atoms with Gasteiger partial charge in [-0.1, -0.05) is 121 Å². The maximum absolute atomic E-state index is 6.48. The van der Waals surface area contributed by atoms with Crippen LogP contribution in [-0.2, 0) is 0 Å². The molecule has 12 rings (SSSR count). The first-order chi connectivity index (χ1) is 27.3. The van der Waals surface area contributed by atoms with Crippen molar-refractivity contribution in [1.29, 1.82) is 0 Å². The molecule has 2 atom stereocenters. The van der Waals surface area contributed by atoms with Crippen LogP contribution in [0.15, 0.2) is 182 Å². The van der Waals surface area contributed by atoms with E-state index >= 15 is 0 Å². The van der Waals surface area contributed by atoms with Gasteiger partial charge in [0.2, 0.25) is 0 Å². The molecular weight excluding hydrogens is 671 g/mol. The van der Waals surface area contributed by atoms with Gasteiger partial charge in [-0.3, -0.25) is 0 Å². The van der Waals surface area contributed by atoms with Gasteiger partial charge in [0.15, 0.2) is 6.23 Å². The van der Waals surface area contributed by atoms with Crippen molar-refractivity contribution in [3.05, 3.63) is 182 Å². The molecular formula is C51H35N3O. The van der Waals surface area contributed by atoms with E-state index in [0.717, 1.165) is 29.2 Å². The van der Waals surface area contributed by atoms with Crippen molar-refractivity contribution < 1.29 is 4.74 Å². The highest BCUT2D eigenvalue weighted by Gasteiger charge is 2.30. The number of allylic oxidation sites excluding steroid dienone is 3. The lowest BCUT2D eigenvalue weighted by molar-refractivity contribution is 0.204. The molecule has 4 heteroatoms. The smallest absolute Gasteiger partial charge is 0.176 e. The van der Waals surface area contributed by atoms with Crippen molar-refractivity contribution in [2.75, 3.05) is 5.32 Å². The quantitative estimate of drug-likeness (QED) is 0.185. The van der Waals surface area contributed by atoms with Crippen LogP contribution in [0, 0.1) is 5.92 Å². The molecule has 2 unspecified atom stereocenters. The summed E-state index contributed by atoms with van der Waals surface area (Å²) in [4.78, 5) is 0. The number of nitrogens with zero attached hydrogens (tertiary/aromatic N) is 2. The average Bonchev–Trinajstić information content (AvgIpc) is 3.94. The zero-order valence-corrected chi connectivity index (χ0v) is 30.0. The van der Waals surface area contributed by atoms with Crippen LogP contribution < -0.4 is 10.1 Å². The van der Waals surface area contributed by atoms with Crippen molar-refractivity contribution >= 4 is 70.8 Å². The first kappa shape index (κ1) is 30.4. The Kier molecular flexibility index (Phi) is 6.49. The summed E-state index contributed by atoms with van der Waals surface area (Å²) in [5.41, 5.74) is 10.6. The van der Waals surface area contributed by atoms with Gasteiger partial charge in [0.05, 0.1) is 27.8 Å². The first-order valence-corrected chi connectivity index (χ1v) is 19.2. The minimum atomic E-state index is -0.0724. The molecule has 1 aliphatic carbocycles. The molecule has 0 amide bonds. The molecule has 0 bridgehead atoms. The Hall–Kier alpha value is -7.04. The van der Waals surface area contributed by atoms with Gasteiger partial charge >= 0.3 is 0 Å². The van der Waals surface area contributed by atoms with E-state index in [-0.39, 0.29) is 6.23 Å². The first-order valence-electron chi connectivity index (χ1n) is 19.2. The van der Waals surface area contributed by atoms with Crippen LogP contribution >= 0.6 is 0 Å². The highest BCUT2D eigenvalue weighted by molar-refractivity contribution is 6.16. The van der Waals surface area contributed by atoms with Crippen molar-refractivity contribution in [1.82, 2.24) is 9.13 Å². The Morgan fingerprint density at radius 1 is 0.491 bits per heavy atom. The lowest BCUT2D eigenvalue weighted by Crippen LogP contribution is -2.29. The van der Waals surface area contributed by atoms with E-state index in [4.69, 9.17) is 4.74 Å². The van der Waals surface area contributed by atoms with Crippen LogP contribution in [0.25, 0.3) is 87.7 Å². The van der Waals surface area contributed by atoms with Crippen LogP contribution in [0.5, 0.6) is 5.75 Å². The molecule has 2 aliphatic rings. The Morgan fingerprint density at radius 2 is 1.11 bits per heavy atom. The van der Waals surface area contributed by atoms with Gasteiger partial charge in [-0.25, -0.2) is 0 Å². The van der Waals surface area contributed by atoms with E-state index in [1.807, 2.05) is 0 Å². The lowest BCUT2D eigenvalue weighted by Gasteiger charge is -2.20. The average molecular weight is 706 g/mol. The number of fused-ring (bicyclic) bond motifs is 11. The van der Waals surface area contributed by atoms with E-state index < -0.39 is 0 Å². The van der Waals surface area contributed by atoms with Crippen LogP contribution in [0.4, 0.5) is 5.69 Å². The van der Waals surface area contributed by atoms with E-state index in [1.165, 1.54) is 76.3 Å². The van der Waals surface area contributed by atoms with Gasteiger partial charge in [-0.05, 0) is 94.4 Å². The summed E-state index contributed by atoms with van der Waals surface area (Å²) in [7, 11) is 0. The normalized spacial score (nSPS) is 16.4. The summed E-state index contributed by atoms with van der Waals surface area (Å²) in [6, 6.07) is 57.8. The molecule has 10 aromatic rings. The molecule has 0 saturated heterocycles. The minimum Gasteiger partial charge on any atom is -0.468 e. The third kappa shape index (κ3) is 4.58. The fraction of sp³-hybridized carbons (Fsp3) is 0.0588. The van der Waals surface area contributed by atoms with Gasteiger partial charge < -0.3 is 19.2 Å². The molecule has 260 valence electrons. The number of para-hydroxylation sites is 3. The monoisotopic (exact) mass is 705 g/mol. The van der Waals surface area contributed by atoms with Crippen molar-refractivity contribution in [2.45, 2.75) is 12.6 Å². The van der Waals surface area contributed by atoms with Gasteiger partial charge in [-0.2, -0.15) is 0 Å². The fourth-order valence-corrected chi connectivity index (χ4v) is 9.27.